The first-order valence-electron chi connectivity index (χ1n) is 5.37. The van der Waals surface area contributed by atoms with Crippen molar-refractivity contribution in [2.75, 3.05) is 5.73 Å². The lowest BCUT2D eigenvalue weighted by Crippen LogP contribution is -2.03. The third-order valence-electron chi connectivity index (χ3n) is 2.71. The predicted octanol–water partition coefficient (Wildman–Crippen LogP) is 2.87. The van der Waals surface area contributed by atoms with Crippen molar-refractivity contribution in [2.24, 2.45) is 0 Å². The maximum absolute atomic E-state index is 13.7. The van der Waals surface area contributed by atoms with Gasteiger partial charge in [-0.05, 0) is 37.5 Å². The van der Waals surface area contributed by atoms with E-state index in [1.165, 1.54) is 0 Å². The average molecular weight is 229 g/mol. The van der Waals surface area contributed by atoms with Crippen LogP contribution in [0.25, 0.3) is 5.57 Å². The zero-order valence-electron chi connectivity index (χ0n) is 9.50. The third-order valence-corrected chi connectivity index (χ3v) is 2.71. The molecular weight excluding hydrogens is 217 g/mol. The van der Waals surface area contributed by atoms with Crippen LogP contribution in [-0.2, 0) is 0 Å². The van der Waals surface area contributed by atoms with Gasteiger partial charge in [-0.25, -0.2) is 9.37 Å². The summed E-state index contributed by atoms with van der Waals surface area (Å²) in [5.41, 5.74) is 7.73. The maximum atomic E-state index is 13.7. The molecule has 0 spiro atoms. The Morgan fingerprint density at radius 3 is 2.76 bits per heavy atom. The van der Waals surface area contributed by atoms with Gasteiger partial charge in [0.25, 0.3) is 0 Å². The molecule has 0 saturated carbocycles. The summed E-state index contributed by atoms with van der Waals surface area (Å²) in [4.78, 5) is 4.12. The fraction of sp³-hybridized carbons (Fsp3) is 0.231. The number of hydrogen-bond donors (Lipinski definition) is 1. The molecule has 0 aromatic carbocycles. The van der Waals surface area contributed by atoms with Crippen molar-refractivity contribution < 1.29 is 4.39 Å². The van der Waals surface area contributed by atoms with Gasteiger partial charge in [-0.15, -0.1) is 0 Å². The summed E-state index contributed by atoms with van der Waals surface area (Å²) in [5, 5.41) is 8.83. The normalized spacial score (nSPS) is 14.9. The molecule has 0 aliphatic heterocycles. The molecule has 4 heteroatoms. The summed E-state index contributed by atoms with van der Waals surface area (Å²) in [7, 11) is 0. The lowest BCUT2D eigenvalue weighted by atomic mass is 9.99. The fourth-order valence-electron chi connectivity index (χ4n) is 1.84. The van der Waals surface area contributed by atoms with Gasteiger partial charge in [0.15, 0.2) is 0 Å². The zero-order chi connectivity index (χ0) is 12.4. The smallest absolute Gasteiger partial charge is 0.142 e. The topological polar surface area (TPSA) is 62.7 Å². The van der Waals surface area contributed by atoms with Crippen LogP contribution in [0.1, 0.15) is 29.7 Å². The Labute approximate surface area is 99.1 Å². The molecule has 0 fully saturated rings. The van der Waals surface area contributed by atoms with Gasteiger partial charge in [0, 0.05) is 5.57 Å². The highest BCUT2D eigenvalue weighted by molar-refractivity contribution is 5.78. The summed E-state index contributed by atoms with van der Waals surface area (Å²) in [6, 6.07) is 3.60. The lowest BCUT2D eigenvalue weighted by Gasteiger charge is -2.12. The van der Waals surface area contributed by atoms with Gasteiger partial charge in [-0.2, -0.15) is 5.26 Å². The van der Waals surface area contributed by atoms with Gasteiger partial charge in [-0.1, -0.05) is 6.08 Å². The van der Waals surface area contributed by atoms with Crippen LogP contribution in [0.2, 0.25) is 0 Å². The average Bonchev–Trinajstić information content (AvgIpc) is 2.32. The van der Waals surface area contributed by atoms with Crippen molar-refractivity contribution in [3.8, 4) is 6.07 Å². The van der Waals surface area contributed by atoms with E-state index in [-0.39, 0.29) is 11.6 Å². The van der Waals surface area contributed by atoms with E-state index in [1.54, 1.807) is 19.1 Å². The predicted molar refractivity (Wildman–Crippen MR) is 64.5 cm³/mol. The zero-order valence-corrected chi connectivity index (χ0v) is 9.50. The maximum Gasteiger partial charge on any atom is 0.142 e. The van der Waals surface area contributed by atoms with Gasteiger partial charge >= 0.3 is 0 Å². The summed E-state index contributed by atoms with van der Waals surface area (Å²) in [6.07, 6.45) is 4.87. The number of pyridine rings is 1. The van der Waals surface area contributed by atoms with Crippen LogP contribution in [0.3, 0.4) is 0 Å². The van der Waals surface area contributed by atoms with Crippen LogP contribution in [0.4, 0.5) is 10.2 Å². The van der Waals surface area contributed by atoms with E-state index in [2.05, 4.69) is 4.98 Å². The van der Waals surface area contributed by atoms with Crippen LogP contribution < -0.4 is 5.73 Å². The van der Waals surface area contributed by atoms with E-state index >= 15 is 0 Å². The van der Waals surface area contributed by atoms with Gasteiger partial charge in [0.05, 0.1) is 11.3 Å². The number of nitrogens with zero attached hydrogens (tertiary/aromatic N) is 2. The van der Waals surface area contributed by atoms with Gasteiger partial charge in [-0.3, -0.25) is 0 Å². The lowest BCUT2D eigenvalue weighted by molar-refractivity contribution is 0.659. The second-order valence-electron chi connectivity index (χ2n) is 3.95. The Hall–Kier alpha value is -2.15. The number of aromatic nitrogens is 1. The first-order valence-corrected chi connectivity index (χ1v) is 5.37. The van der Waals surface area contributed by atoms with Crippen LogP contribution in [-0.4, -0.2) is 4.98 Å². The Balaban J connectivity index is 2.54. The van der Waals surface area contributed by atoms with E-state index in [0.29, 0.717) is 23.3 Å². The molecule has 0 radical (unpaired) electrons. The summed E-state index contributed by atoms with van der Waals surface area (Å²) >= 11 is 0. The van der Waals surface area contributed by atoms with Crippen molar-refractivity contribution in [1.82, 2.24) is 4.98 Å². The molecule has 1 heterocycles. The summed E-state index contributed by atoms with van der Waals surface area (Å²) in [5.74, 6) is -0.122. The molecule has 3 nitrogen and oxygen atoms in total. The van der Waals surface area contributed by atoms with Crippen molar-refractivity contribution in [1.29, 1.82) is 5.26 Å². The van der Waals surface area contributed by atoms with Gasteiger partial charge in [0.2, 0.25) is 0 Å². The quantitative estimate of drug-likeness (QED) is 0.805. The molecule has 1 aliphatic carbocycles. The number of hydrogen-bond acceptors (Lipinski definition) is 3. The van der Waals surface area contributed by atoms with Crippen LogP contribution in [0.15, 0.2) is 24.0 Å². The number of anilines is 1. The Morgan fingerprint density at radius 1 is 1.41 bits per heavy atom. The van der Waals surface area contributed by atoms with Crippen molar-refractivity contribution in [3.05, 3.63) is 40.9 Å². The minimum Gasteiger partial charge on any atom is -0.383 e. The van der Waals surface area contributed by atoms with E-state index in [9.17, 15) is 4.39 Å². The van der Waals surface area contributed by atoms with Crippen molar-refractivity contribution in [3.63, 3.8) is 0 Å². The Kier molecular flexibility index (Phi) is 2.92. The Bertz CT molecular complexity index is 565. The second kappa shape index (κ2) is 4.38. The molecule has 0 saturated heterocycles. The molecule has 0 bridgehead atoms. The van der Waals surface area contributed by atoms with Crippen molar-refractivity contribution >= 4 is 11.4 Å². The number of rotatable bonds is 1. The van der Waals surface area contributed by atoms with E-state index < -0.39 is 0 Å². The number of nitriles is 1. The molecule has 1 aliphatic rings. The van der Waals surface area contributed by atoms with E-state index in [0.717, 1.165) is 12.0 Å². The highest BCUT2D eigenvalue weighted by Gasteiger charge is 2.16. The molecule has 86 valence electrons. The highest BCUT2D eigenvalue weighted by atomic mass is 19.1. The minimum absolute atomic E-state index is 0.146. The number of allylic oxidation sites excluding steroid dienone is 4. The van der Waals surface area contributed by atoms with Crippen LogP contribution >= 0.6 is 0 Å². The van der Waals surface area contributed by atoms with Gasteiger partial charge in [0.1, 0.15) is 17.7 Å². The van der Waals surface area contributed by atoms with Crippen molar-refractivity contribution in [2.45, 2.75) is 19.8 Å². The van der Waals surface area contributed by atoms with E-state index in [4.69, 9.17) is 11.0 Å². The van der Waals surface area contributed by atoms with E-state index in [1.807, 2.05) is 12.1 Å². The number of nitrogen functional groups attached to an aromatic ring is 1. The molecule has 2 N–H and O–H groups in total. The first-order chi connectivity index (χ1) is 8.13. The number of aryl methyl sites for hydroxylation is 1. The number of halogens is 1. The summed E-state index contributed by atoms with van der Waals surface area (Å²) < 4.78 is 13.7. The molecule has 1 aromatic heterocycles. The SMILES string of the molecule is Cc1cc(C#N)c(N)nc1C1=CCCC=C1F. The second-order valence-corrected chi connectivity index (χ2v) is 3.95. The van der Waals surface area contributed by atoms with Gasteiger partial charge < -0.3 is 5.73 Å². The molecule has 1 aromatic rings. The molecule has 17 heavy (non-hydrogen) atoms. The molecular formula is C13H12FN3. The largest absolute Gasteiger partial charge is 0.383 e. The highest BCUT2D eigenvalue weighted by Crippen LogP contribution is 2.31. The summed E-state index contributed by atoms with van der Waals surface area (Å²) in [6.45, 7) is 1.80. The fourth-order valence-corrected chi connectivity index (χ4v) is 1.84. The monoisotopic (exact) mass is 229 g/mol. The molecule has 2 rings (SSSR count). The molecule has 0 unspecified atom stereocenters. The minimum atomic E-state index is -0.268. The molecule has 0 atom stereocenters. The Morgan fingerprint density at radius 2 is 2.12 bits per heavy atom. The van der Waals surface area contributed by atoms with Crippen LogP contribution in [0, 0.1) is 18.3 Å². The number of nitrogens with two attached hydrogens (primary N) is 1. The molecule has 0 amide bonds. The van der Waals surface area contributed by atoms with Crippen LogP contribution in [0.5, 0.6) is 0 Å². The first kappa shape index (κ1) is 11.3. The third kappa shape index (κ3) is 2.04. The standard InChI is InChI=1S/C13H12FN3/c1-8-6-9(7-15)13(16)17-12(8)10-4-2-3-5-11(10)14/h4-6H,2-3H2,1H3,(H2,16,17).